The number of aliphatic imine (C=N–C) groups is 1. The van der Waals surface area contributed by atoms with Gasteiger partial charge in [-0.15, -0.1) is 24.0 Å². The van der Waals surface area contributed by atoms with Gasteiger partial charge in [0, 0.05) is 24.3 Å². The van der Waals surface area contributed by atoms with E-state index in [1.807, 2.05) is 7.05 Å². The van der Waals surface area contributed by atoms with E-state index in [1.54, 1.807) is 0 Å². The minimum atomic E-state index is 0. The summed E-state index contributed by atoms with van der Waals surface area (Å²) in [7, 11) is 1.84. The lowest BCUT2D eigenvalue weighted by molar-refractivity contribution is 0.329. The molecule has 0 bridgehead atoms. The van der Waals surface area contributed by atoms with E-state index in [4.69, 9.17) is 0 Å². The topological polar surface area (TPSA) is 52.2 Å². The molecule has 1 aromatic heterocycles. The van der Waals surface area contributed by atoms with Crippen LogP contribution in [-0.2, 0) is 6.54 Å². The predicted molar refractivity (Wildman–Crippen MR) is 108 cm³/mol. The van der Waals surface area contributed by atoms with Gasteiger partial charge >= 0.3 is 0 Å². The van der Waals surface area contributed by atoms with Gasteiger partial charge in [0.2, 0.25) is 0 Å². The van der Waals surface area contributed by atoms with Crippen molar-refractivity contribution in [2.45, 2.75) is 45.2 Å². The molecule has 0 saturated heterocycles. The second kappa shape index (κ2) is 8.57. The van der Waals surface area contributed by atoms with Crippen LogP contribution in [0.15, 0.2) is 35.3 Å². The minimum Gasteiger partial charge on any atom is -0.357 e. The second-order valence-corrected chi connectivity index (χ2v) is 6.41. The van der Waals surface area contributed by atoms with Crippen LogP contribution in [0.2, 0.25) is 0 Å². The summed E-state index contributed by atoms with van der Waals surface area (Å²) >= 11 is 0. The molecule has 1 heterocycles. The van der Waals surface area contributed by atoms with Crippen LogP contribution in [0.25, 0.3) is 10.9 Å². The number of aromatic nitrogens is 1. The van der Waals surface area contributed by atoms with Gasteiger partial charge in [-0.2, -0.15) is 0 Å². The molecule has 2 aromatic rings. The van der Waals surface area contributed by atoms with Gasteiger partial charge in [-0.3, -0.25) is 4.99 Å². The fraction of sp³-hybridized carbons (Fsp3) is 0.500. The number of hydrogen-bond acceptors (Lipinski definition) is 1. The maximum Gasteiger partial charge on any atom is 0.191 e. The molecule has 0 atom stereocenters. The molecule has 4 nitrogen and oxygen atoms in total. The van der Waals surface area contributed by atoms with Gasteiger partial charge in [-0.05, 0) is 49.1 Å². The van der Waals surface area contributed by atoms with Crippen LogP contribution in [0, 0.1) is 5.92 Å². The molecule has 23 heavy (non-hydrogen) atoms. The first-order valence-electron chi connectivity index (χ1n) is 8.28. The van der Waals surface area contributed by atoms with Crippen LogP contribution >= 0.6 is 24.0 Å². The Bertz CT molecular complexity index is 608. The molecule has 0 spiro atoms. The Morgan fingerprint density at radius 1 is 1.22 bits per heavy atom. The van der Waals surface area contributed by atoms with E-state index in [0.717, 1.165) is 18.4 Å². The third-order valence-electron chi connectivity index (χ3n) is 4.61. The molecule has 1 aliphatic carbocycles. The normalized spacial score (nSPS) is 21.7. The molecule has 1 fully saturated rings. The smallest absolute Gasteiger partial charge is 0.191 e. The Balaban J connectivity index is 0.00000192. The van der Waals surface area contributed by atoms with E-state index in [-0.39, 0.29) is 24.0 Å². The van der Waals surface area contributed by atoms with Crippen LogP contribution in [0.3, 0.4) is 0 Å². The fourth-order valence-corrected chi connectivity index (χ4v) is 3.20. The van der Waals surface area contributed by atoms with E-state index in [0.29, 0.717) is 6.04 Å². The average molecular weight is 426 g/mol. The molecule has 0 aliphatic heterocycles. The van der Waals surface area contributed by atoms with Crippen molar-refractivity contribution < 1.29 is 0 Å². The maximum absolute atomic E-state index is 4.35. The van der Waals surface area contributed by atoms with Crippen LogP contribution < -0.4 is 10.6 Å². The van der Waals surface area contributed by atoms with Gasteiger partial charge in [0.15, 0.2) is 5.96 Å². The SMILES string of the molecule is CN=C(NCc1cc2ccccc2[nH]1)NC1CCC(C)CC1.I. The Morgan fingerprint density at radius 2 is 1.96 bits per heavy atom. The van der Waals surface area contributed by atoms with Crippen molar-refractivity contribution in [3.63, 3.8) is 0 Å². The molecule has 0 amide bonds. The number of H-pyrrole nitrogens is 1. The van der Waals surface area contributed by atoms with E-state index in [2.05, 4.69) is 57.9 Å². The van der Waals surface area contributed by atoms with Crippen molar-refractivity contribution >= 4 is 40.8 Å². The molecule has 1 aliphatic rings. The first-order valence-corrected chi connectivity index (χ1v) is 8.28. The van der Waals surface area contributed by atoms with Crippen molar-refractivity contribution in [3.8, 4) is 0 Å². The summed E-state index contributed by atoms with van der Waals surface area (Å²) in [6.45, 7) is 3.11. The third kappa shape index (κ3) is 4.86. The number of para-hydroxylation sites is 1. The number of benzene rings is 1. The van der Waals surface area contributed by atoms with Gasteiger partial charge in [-0.25, -0.2) is 0 Å². The Labute approximate surface area is 155 Å². The number of fused-ring (bicyclic) bond motifs is 1. The van der Waals surface area contributed by atoms with Gasteiger partial charge in [-0.1, -0.05) is 25.1 Å². The number of nitrogens with one attached hydrogen (secondary N) is 3. The second-order valence-electron chi connectivity index (χ2n) is 6.41. The highest BCUT2D eigenvalue weighted by atomic mass is 127. The summed E-state index contributed by atoms with van der Waals surface area (Å²) in [5.74, 6) is 1.78. The van der Waals surface area contributed by atoms with Crippen molar-refractivity contribution in [1.82, 2.24) is 15.6 Å². The number of guanidine groups is 1. The minimum absolute atomic E-state index is 0. The molecule has 0 unspecified atom stereocenters. The van der Waals surface area contributed by atoms with Gasteiger partial charge in [0.05, 0.1) is 6.54 Å². The van der Waals surface area contributed by atoms with E-state index < -0.39 is 0 Å². The summed E-state index contributed by atoms with van der Waals surface area (Å²) in [4.78, 5) is 7.79. The molecule has 3 rings (SSSR count). The molecule has 1 aromatic carbocycles. The standard InChI is InChI=1S/C18H26N4.HI/c1-13-7-9-15(10-8-13)22-18(19-2)20-12-16-11-14-5-3-4-6-17(14)21-16;/h3-6,11,13,15,21H,7-10,12H2,1-2H3,(H2,19,20,22);1H. The van der Waals surface area contributed by atoms with Crippen LogP contribution in [0.4, 0.5) is 0 Å². The average Bonchev–Trinajstić information content (AvgIpc) is 2.96. The molecule has 5 heteroatoms. The monoisotopic (exact) mass is 426 g/mol. The first-order chi connectivity index (χ1) is 10.7. The number of hydrogen-bond donors (Lipinski definition) is 3. The van der Waals surface area contributed by atoms with Crippen LogP contribution in [0.5, 0.6) is 0 Å². The summed E-state index contributed by atoms with van der Waals surface area (Å²) in [6.07, 6.45) is 5.12. The predicted octanol–water partition coefficient (Wildman–Crippen LogP) is 4.03. The summed E-state index contributed by atoms with van der Waals surface area (Å²) < 4.78 is 0. The lowest BCUT2D eigenvalue weighted by atomic mass is 9.87. The van der Waals surface area contributed by atoms with E-state index >= 15 is 0 Å². The maximum atomic E-state index is 4.35. The van der Waals surface area contributed by atoms with Crippen molar-refractivity contribution in [2.24, 2.45) is 10.9 Å². The zero-order valence-corrected chi connectivity index (χ0v) is 16.3. The molecular weight excluding hydrogens is 399 g/mol. The van der Waals surface area contributed by atoms with Crippen molar-refractivity contribution in [3.05, 3.63) is 36.0 Å². The number of halogens is 1. The Kier molecular flexibility index (Phi) is 6.74. The lowest BCUT2D eigenvalue weighted by Crippen LogP contribution is -2.44. The van der Waals surface area contributed by atoms with E-state index in [9.17, 15) is 0 Å². The van der Waals surface area contributed by atoms with Crippen molar-refractivity contribution in [2.75, 3.05) is 7.05 Å². The quantitative estimate of drug-likeness (QED) is 0.395. The summed E-state index contributed by atoms with van der Waals surface area (Å²) in [5, 5.41) is 8.22. The number of nitrogens with zero attached hydrogens (tertiary/aromatic N) is 1. The van der Waals surface area contributed by atoms with Crippen molar-refractivity contribution in [1.29, 1.82) is 0 Å². The first kappa shape index (κ1) is 18.1. The van der Waals surface area contributed by atoms with Gasteiger partial charge < -0.3 is 15.6 Å². The zero-order chi connectivity index (χ0) is 15.4. The Morgan fingerprint density at radius 3 is 2.65 bits per heavy atom. The Hall–Kier alpha value is -1.24. The molecule has 0 radical (unpaired) electrons. The van der Waals surface area contributed by atoms with Crippen LogP contribution in [-0.4, -0.2) is 24.0 Å². The zero-order valence-electron chi connectivity index (χ0n) is 13.9. The highest BCUT2D eigenvalue weighted by Gasteiger charge is 2.18. The number of rotatable bonds is 3. The van der Waals surface area contributed by atoms with Crippen LogP contribution in [0.1, 0.15) is 38.3 Å². The van der Waals surface area contributed by atoms with E-state index in [1.165, 1.54) is 42.3 Å². The van der Waals surface area contributed by atoms with Gasteiger partial charge in [0.1, 0.15) is 0 Å². The van der Waals surface area contributed by atoms with Gasteiger partial charge in [0.25, 0.3) is 0 Å². The molecule has 3 N–H and O–H groups in total. The molecule has 1 saturated carbocycles. The molecular formula is C18H27IN4. The third-order valence-corrected chi connectivity index (χ3v) is 4.61. The largest absolute Gasteiger partial charge is 0.357 e. The lowest BCUT2D eigenvalue weighted by Gasteiger charge is -2.28. The molecule has 126 valence electrons. The number of aromatic amines is 1. The summed E-state index contributed by atoms with van der Waals surface area (Å²) in [5.41, 5.74) is 2.37. The highest BCUT2D eigenvalue weighted by Crippen LogP contribution is 2.23. The highest BCUT2D eigenvalue weighted by molar-refractivity contribution is 14.0. The fourth-order valence-electron chi connectivity index (χ4n) is 3.20. The summed E-state index contributed by atoms with van der Waals surface area (Å²) in [6, 6.07) is 11.1.